The van der Waals surface area contributed by atoms with E-state index in [2.05, 4.69) is 65.8 Å². The van der Waals surface area contributed by atoms with E-state index >= 15 is 0 Å². The molecule has 0 fully saturated rings. The Morgan fingerprint density at radius 1 is 0.529 bits per heavy atom. The summed E-state index contributed by atoms with van der Waals surface area (Å²) in [5, 5.41) is 10.4. The summed E-state index contributed by atoms with van der Waals surface area (Å²) >= 11 is 4.44. The summed E-state index contributed by atoms with van der Waals surface area (Å²) in [7, 11) is 8.98. The Hall–Kier alpha value is -2.28. The monoisotopic (exact) mass is 670 g/mol. The molecule has 0 N–H and O–H groups in total. The van der Waals surface area contributed by atoms with Gasteiger partial charge in [0.1, 0.15) is 0 Å². The SMILES string of the molecule is O=Nc1c2[cH-]cccc-2c2ccccc12.O=Nc1c2[cH-]cccc-2c2ccccc12.[Cl][Pd+].[Cl][Pd+]. The molecule has 4 nitrogen and oxygen atoms in total. The van der Waals surface area contributed by atoms with E-state index in [9.17, 15) is 9.81 Å². The molecule has 4 aliphatic carbocycles. The fourth-order valence-electron chi connectivity index (χ4n) is 4.18. The van der Waals surface area contributed by atoms with Gasteiger partial charge in [-0.05, 0) is 10.8 Å². The van der Waals surface area contributed by atoms with Gasteiger partial charge in [-0.2, -0.15) is 9.81 Å². The number of benzene rings is 4. The second-order valence-corrected chi connectivity index (χ2v) is 7.06. The van der Waals surface area contributed by atoms with Gasteiger partial charge in [-0.3, -0.25) is 0 Å². The van der Waals surface area contributed by atoms with Crippen LogP contribution in [-0.4, -0.2) is 0 Å². The molecule has 0 aromatic heterocycles. The van der Waals surface area contributed by atoms with Crippen LogP contribution in [0.1, 0.15) is 0 Å². The van der Waals surface area contributed by atoms with E-state index in [1.165, 1.54) is 0 Å². The first-order valence-corrected chi connectivity index (χ1v) is 13.9. The number of fused-ring (bicyclic) bond motifs is 6. The molecule has 0 amide bonds. The van der Waals surface area contributed by atoms with Crippen LogP contribution >= 0.6 is 19.1 Å². The first-order chi connectivity index (χ1) is 16.8. The van der Waals surface area contributed by atoms with Crippen LogP contribution < -0.4 is 0 Å². The van der Waals surface area contributed by atoms with Crippen molar-refractivity contribution < 1.29 is 36.4 Å². The van der Waals surface area contributed by atoms with Crippen molar-refractivity contribution in [2.24, 2.45) is 10.4 Å². The zero-order valence-electron chi connectivity index (χ0n) is 17.3. The average Bonchev–Trinajstić information content (AvgIpc) is 3.44. The fraction of sp³-hybridized carbons (Fsp3) is 0. The minimum atomic E-state index is 0.557. The van der Waals surface area contributed by atoms with Crippen molar-refractivity contribution >= 4 is 52.0 Å². The van der Waals surface area contributed by atoms with Crippen LogP contribution in [0, 0.1) is 9.81 Å². The molecular weight excluding hydrogens is 656 g/mol. The molecule has 34 heavy (non-hydrogen) atoms. The van der Waals surface area contributed by atoms with E-state index in [1.807, 2.05) is 97.1 Å². The van der Waals surface area contributed by atoms with Crippen LogP contribution in [0.3, 0.4) is 0 Å². The van der Waals surface area contributed by atoms with Crippen LogP contribution in [-0.2, 0) is 36.4 Å². The van der Waals surface area contributed by atoms with Crippen molar-refractivity contribution in [3.63, 3.8) is 0 Å². The van der Waals surface area contributed by atoms with Crippen molar-refractivity contribution in [1.82, 2.24) is 0 Å². The number of hydrogen-bond donors (Lipinski definition) is 0. The average molecular weight is 672 g/mol. The second kappa shape index (κ2) is 13.0. The summed E-state index contributed by atoms with van der Waals surface area (Å²) in [5.41, 5.74) is 5.19. The van der Waals surface area contributed by atoms with Gasteiger partial charge in [-0.1, -0.05) is 80.8 Å². The van der Waals surface area contributed by atoms with E-state index in [0.717, 1.165) is 43.8 Å². The first-order valence-electron chi connectivity index (χ1n) is 9.86. The van der Waals surface area contributed by atoms with Gasteiger partial charge in [0, 0.05) is 11.4 Å². The van der Waals surface area contributed by atoms with Crippen LogP contribution in [0.5, 0.6) is 0 Å². The van der Waals surface area contributed by atoms with E-state index in [1.54, 1.807) is 0 Å². The Kier molecular flexibility index (Phi) is 10.1. The Labute approximate surface area is 226 Å². The van der Waals surface area contributed by atoms with E-state index in [0.29, 0.717) is 11.4 Å². The Morgan fingerprint density at radius 3 is 1.24 bits per heavy atom. The minimum absolute atomic E-state index is 0.557. The number of nitrogens with zero attached hydrogens (tertiary/aromatic N) is 2. The van der Waals surface area contributed by atoms with Gasteiger partial charge in [0.15, 0.2) is 0 Å². The predicted molar refractivity (Wildman–Crippen MR) is 135 cm³/mol. The van der Waals surface area contributed by atoms with Crippen molar-refractivity contribution in [2.75, 3.05) is 0 Å². The van der Waals surface area contributed by atoms with Crippen molar-refractivity contribution in [1.29, 1.82) is 0 Å². The maximum atomic E-state index is 10.8. The summed E-state index contributed by atoms with van der Waals surface area (Å²) in [5.74, 6) is 0. The Balaban J connectivity index is 0.000000167. The van der Waals surface area contributed by atoms with Crippen LogP contribution in [0.15, 0.2) is 107 Å². The molecule has 0 bridgehead atoms. The predicted octanol–water partition coefficient (Wildman–Crippen LogP) is 9.50. The normalized spacial score (nSPS) is 10.1. The fourth-order valence-corrected chi connectivity index (χ4v) is 4.18. The molecule has 4 aliphatic rings. The number of nitroso groups, excluding NO2 is 2. The molecule has 0 heterocycles. The third-order valence-electron chi connectivity index (χ3n) is 5.49. The molecule has 2 aromatic rings. The van der Waals surface area contributed by atoms with E-state index < -0.39 is 0 Å². The van der Waals surface area contributed by atoms with Crippen LogP contribution in [0.2, 0.25) is 0 Å². The molecule has 0 radical (unpaired) electrons. The third kappa shape index (κ3) is 5.04. The molecular formula is C26H16Cl2N2O2Pd2. The summed E-state index contributed by atoms with van der Waals surface area (Å²) < 4.78 is 0. The molecule has 0 saturated carbocycles. The molecule has 8 heteroatoms. The summed E-state index contributed by atoms with van der Waals surface area (Å²) in [6, 6.07) is 31.4. The van der Waals surface area contributed by atoms with Gasteiger partial charge in [0.05, 0.1) is 0 Å². The molecule has 6 rings (SSSR count). The van der Waals surface area contributed by atoms with Gasteiger partial charge in [-0.25, -0.2) is 0 Å². The topological polar surface area (TPSA) is 58.9 Å². The van der Waals surface area contributed by atoms with Crippen molar-refractivity contribution in [3.8, 4) is 22.3 Å². The molecule has 0 unspecified atom stereocenters. The summed E-state index contributed by atoms with van der Waals surface area (Å²) in [6.45, 7) is 0. The van der Waals surface area contributed by atoms with Crippen LogP contribution in [0.4, 0.5) is 11.4 Å². The molecule has 0 saturated heterocycles. The summed E-state index contributed by atoms with van der Waals surface area (Å²) in [4.78, 5) is 21.7. The Morgan fingerprint density at radius 2 is 0.882 bits per heavy atom. The summed E-state index contributed by atoms with van der Waals surface area (Å²) in [6.07, 6.45) is 0. The standard InChI is InChI=1S/2C13H8NO.2ClH.2Pd/c2*15-14-13-11-7-3-1-5-9(11)10-6-2-4-8-12(10)13;;;;/h2*1-8H;2*1H;;/q2*-1;;;2*+2/p-2. The molecule has 0 spiro atoms. The van der Waals surface area contributed by atoms with Crippen molar-refractivity contribution in [3.05, 3.63) is 107 Å². The van der Waals surface area contributed by atoms with Crippen LogP contribution in [0.25, 0.3) is 43.8 Å². The zero-order valence-corrected chi connectivity index (χ0v) is 22.0. The molecule has 2 aromatic carbocycles. The number of rotatable bonds is 2. The van der Waals surface area contributed by atoms with Gasteiger partial charge in [0.25, 0.3) is 0 Å². The quantitative estimate of drug-likeness (QED) is 0.105. The van der Waals surface area contributed by atoms with Gasteiger partial charge in [0.2, 0.25) is 0 Å². The zero-order chi connectivity index (χ0) is 24.5. The van der Waals surface area contributed by atoms with E-state index in [-0.39, 0.29) is 0 Å². The molecule has 0 aliphatic heterocycles. The maximum absolute atomic E-state index is 10.8. The van der Waals surface area contributed by atoms with E-state index in [4.69, 9.17) is 0 Å². The van der Waals surface area contributed by atoms with Gasteiger partial charge >= 0.3 is 55.4 Å². The molecule has 176 valence electrons. The Bertz CT molecular complexity index is 1350. The molecule has 0 atom stereocenters. The second-order valence-electron chi connectivity index (χ2n) is 7.06. The third-order valence-corrected chi connectivity index (χ3v) is 5.49. The first kappa shape index (κ1) is 26.3. The van der Waals surface area contributed by atoms with Crippen molar-refractivity contribution in [2.45, 2.75) is 0 Å². The number of hydrogen-bond acceptors (Lipinski definition) is 4. The van der Waals surface area contributed by atoms with Gasteiger partial charge < -0.3 is 0 Å². The number of halogens is 2. The van der Waals surface area contributed by atoms with Gasteiger partial charge in [-0.15, -0.1) is 59.7 Å².